The number of piperazine rings is 1. The molecule has 3 rings (SSSR count). The summed E-state index contributed by atoms with van der Waals surface area (Å²) in [5.74, 6) is -1.91. The Kier molecular flexibility index (Phi) is 4.84. The first-order valence-corrected chi connectivity index (χ1v) is 8.58. The molecular formula is C16H17BrFN3O3. The number of hydrogen-bond donors (Lipinski definition) is 1. The lowest BCUT2D eigenvalue weighted by Gasteiger charge is -2.34. The Hall–Kier alpha value is -1.96. The summed E-state index contributed by atoms with van der Waals surface area (Å²) in [6.45, 7) is 1.21. The number of carbonyl (C=O) groups excluding carboxylic acids is 3. The van der Waals surface area contributed by atoms with E-state index in [0.29, 0.717) is 30.7 Å². The minimum atomic E-state index is -0.577. The molecule has 0 spiro atoms. The Balaban J connectivity index is 1.56. The highest BCUT2D eigenvalue weighted by Gasteiger charge is 2.31. The molecule has 1 aromatic carbocycles. The van der Waals surface area contributed by atoms with Gasteiger partial charge in [-0.15, -0.1) is 0 Å². The molecule has 1 saturated heterocycles. The normalized spacial score (nSPS) is 17.6. The standard InChI is InChI=1S/C16H17BrFN3O3/c17-11-7-10(8-12(18)9-11)15(23)20-3-5-21(6-4-20)16(24)14(22)19-13-1-2-13/h7-9,13H,1-6H2,(H,19,22). The zero-order valence-electron chi connectivity index (χ0n) is 12.9. The van der Waals surface area contributed by atoms with Crippen molar-refractivity contribution in [1.29, 1.82) is 0 Å². The van der Waals surface area contributed by atoms with Crippen molar-refractivity contribution in [1.82, 2.24) is 15.1 Å². The van der Waals surface area contributed by atoms with E-state index in [2.05, 4.69) is 21.2 Å². The van der Waals surface area contributed by atoms with E-state index < -0.39 is 17.6 Å². The van der Waals surface area contributed by atoms with Gasteiger partial charge in [0.1, 0.15) is 5.82 Å². The number of carbonyl (C=O) groups is 3. The number of amides is 3. The quantitative estimate of drug-likeness (QED) is 0.761. The van der Waals surface area contributed by atoms with Gasteiger partial charge in [-0.05, 0) is 31.0 Å². The number of rotatable bonds is 2. The lowest BCUT2D eigenvalue weighted by Crippen LogP contribution is -2.54. The number of hydrogen-bond acceptors (Lipinski definition) is 3. The molecule has 3 amide bonds. The van der Waals surface area contributed by atoms with Gasteiger partial charge in [0.05, 0.1) is 0 Å². The van der Waals surface area contributed by atoms with Crippen molar-refractivity contribution in [3.8, 4) is 0 Å². The van der Waals surface area contributed by atoms with E-state index in [4.69, 9.17) is 0 Å². The number of halogens is 2. The van der Waals surface area contributed by atoms with Crippen LogP contribution < -0.4 is 5.32 Å². The summed E-state index contributed by atoms with van der Waals surface area (Å²) in [6.07, 6.45) is 1.84. The van der Waals surface area contributed by atoms with Crippen molar-refractivity contribution < 1.29 is 18.8 Å². The predicted molar refractivity (Wildman–Crippen MR) is 87.7 cm³/mol. The van der Waals surface area contributed by atoms with E-state index >= 15 is 0 Å². The first kappa shape index (κ1) is 16.9. The molecule has 0 aromatic heterocycles. The molecule has 8 heteroatoms. The zero-order chi connectivity index (χ0) is 17.3. The fourth-order valence-corrected chi connectivity index (χ4v) is 3.06. The van der Waals surface area contributed by atoms with Gasteiger partial charge in [0.2, 0.25) is 0 Å². The van der Waals surface area contributed by atoms with Crippen molar-refractivity contribution in [3.63, 3.8) is 0 Å². The average molecular weight is 398 g/mol. The van der Waals surface area contributed by atoms with Gasteiger partial charge in [-0.1, -0.05) is 15.9 Å². The predicted octanol–water partition coefficient (Wildman–Crippen LogP) is 1.15. The maximum Gasteiger partial charge on any atom is 0.312 e. The highest BCUT2D eigenvalue weighted by molar-refractivity contribution is 9.10. The summed E-state index contributed by atoms with van der Waals surface area (Å²) in [6, 6.07) is 4.17. The average Bonchev–Trinajstić information content (AvgIpc) is 3.36. The molecular weight excluding hydrogens is 381 g/mol. The van der Waals surface area contributed by atoms with Gasteiger partial charge in [0.25, 0.3) is 5.91 Å². The van der Waals surface area contributed by atoms with E-state index in [1.165, 1.54) is 17.0 Å². The third-order valence-electron chi connectivity index (χ3n) is 4.07. The van der Waals surface area contributed by atoms with Crippen LogP contribution in [-0.2, 0) is 9.59 Å². The van der Waals surface area contributed by atoms with Crippen LogP contribution in [0.2, 0.25) is 0 Å². The number of nitrogens with zero attached hydrogens (tertiary/aromatic N) is 2. The summed E-state index contributed by atoms with van der Waals surface area (Å²) in [7, 11) is 0. The van der Waals surface area contributed by atoms with Gasteiger partial charge in [-0.2, -0.15) is 0 Å². The van der Waals surface area contributed by atoms with Crippen LogP contribution >= 0.6 is 15.9 Å². The summed E-state index contributed by atoms with van der Waals surface area (Å²) >= 11 is 3.17. The lowest BCUT2D eigenvalue weighted by atomic mass is 10.1. The van der Waals surface area contributed by atoms with Crippen molar-refractivity contribution in [2.75, 3.05) is 26.2 Å². The highest BCUT2D eigenvalue weighted by Crippen LogP contribution is 2.19. The minimum absolute atomic E-state index is 0.135. The molecule has 24 heavy (non-hydrogen) atoms. The molecule has 1 aliphatic carbocycles. The van der Waals surface area contributed by atoms with Crippen molar-refractivity contribution >= 4 is 33.7 Å². The van der Waals surface area contributed by atoms with Crippen LogP contribution in [0.3, 0.4) is 0 Å². The minimum Gasteiger partial charge on any atom is -0.345 e. The highest BCUT2D eigenvalue weighted by atomic mass is 79.9. The second kappa shape index (κ2) is 6.88. The molecule has 0 unspecified atom stereocenters. The Bertz CT molecular complexity index is 665. The van der Waals surface area contributed by atoms with Crippen LogP contribution in [0.15, 0.2) is 22.7 Å². The number of nitrogens with one attached hydrogen (secondary N) is 1. The van der Waals surface area contributed by atoms with Crippen LogP contribution in [0.1, 0.15) is 23.2 Å². The van der Waals surface area contributed by atoms with Crippen LogP contribution in [-0.4, -0.2) is 59.7 Å². The fraction of sp³-hybridized carbons (Fsp3) is 0.438. The number of benzene rings is 1. The van der Waals surface area contributed by atoms with E-state index in [9.17, 15) is 18.8 Å². The topological polar surface area (TPSA) is 69.7 Å². The van der Waals surface area contributed by atoms with Crippen molar-refractivity contribution in [2.24, 2.45) is 0 Å². The third kappa shape index (κ3) is 3.92. The van der Waals surface area contributed by atoms with Crippen LogP contribution in [0.5, 0.6) is 0 Å². The summed E-state index contributed by atoms with van der Waals surface area (Å²) in [5, 5.41) is 2.67. The van der Waals surface area contributed by atoms with Crippen LogP contribution in [0, 0.1) is 5.82 Å². The second-order valence-corrected chi connectivity index (χ2v) is 6.91. The molecule has 1 heterocycles. The Labute approximate surface area is 147 Å². The molecule has 1 aliphatic heterocycles. The third-order valence-corrected chi connectivity index (χ3v) is 4.53. The zero-order valence-corrected chi connectivity index (χ0v) is 14.5. The first-order valence-electron chi connectivity index (χ1n) is 7.79. The second-order valence-electron chi connectivity index (χ2n) is 5.99. The molecule has 2 aliphatic rings. The molecule has 128 valence electrons. The summed E-state index contributed by atoms with van der Waals surface area (Å²) < 4.78 is 13.9. The maximum absolute atomic E-state index is 13.4. The van der Waals surface area contributed by atoms with E-state index in [-0.39, 0.29) is 17.5 Å². The molecule has 6 nitrogen and oxygen atoms in total. The van der Waals surface area contributed by atoms with E-state index in [1.807, 2.05) is 0 Å². The largest absolute Gasteiger partial charge is 0.345 e. The van der Waals surface area contributed by atoms with Gasteiger partial charge in [-0.3, -0.25) is 14.4 Å². The Morgan fingerprint density at radius 2 is 1.67 bits per heavy atom. The molecule has 1 aromatic rings. The molecule has 2 fully saturated rings. The van der Waals surface area contributed by atoms with Gasteiger partial charge < -0.3 is 15.1 Å². The molecule has 1 saturated carbocycles. The van der Waals surface area contributed by atoms with Crippen molar-refractivity contribution in [3.05, 3.63) is 34.1 Å². The SMILES string of the molecule is O=C(NC1CC1)C(=O)N1CCN(C(=O)c2cc(F)cc(Br)c2)CC1. The Morgan fingerprint density at radius 1 is 1.04 bits per heavy atom. The molecule has 0 atom stereocenters. The smallest absolute Gasteiger partial charge is 0.312 e. The molecule has 1 N–H and O–H groups in total. The lowest BCUT2D eigenvalue weighted by molar-refractivity contribution is -0.146. The van der Waals surface area contributed by atoms with Gasteiger partial charge in [0, 0.05) is 42.3 Å². The fourth-order valence-electron chi connectivity index (χ4n) is 2.59. The van der Waals surface area contributed by atoms with Gasteiger partial charge >= 0.3 is 11.8 Å². The molecule has 0 radical (unpaired) electrons. The van der Waals surface area contributed by atoms with E-state index in [0.717, 1.165) is 12.8 Å². The van der Waals surface area contributed by atoms with Gasteiger partial charge in [0.15, 0.2) is 0 Å². The molecule has 0 bridgehead atoms. The van der Waals surface area contributed by atoms with Crippen LogP contribution in [0.4, 0.5) is 4.39 Å². The summed E-state index contributed by atoms with van der Waals surface area (Å²) in [5.41, 5.74) is 0.258. The summed E-state index contributed by atoms with van der Waals surface area (Å²) in [4.78, 5) is 39.3. The van der Waals surface area contributed by atoms with Gasteiger partial charge in [-0.25, -0.2) is 4.39 Å². The Morgan fingerprint density at radius 3 is 2.25 bits per heavy atom. The van der Waals surface area contributed by atoms with Crippen molar-refractivity contribution in [2.45, 2.75) is 18.9 Å². The van der Waals surface area contributed by atoms with Crippen LogP contribution in [0.25, 0.3) is 0 Å². The maximum atomic E-state index is 13.4. The van der Waals surface area contributed by atoms with E-state index in [1.54, 1.807) is 11.0 Å². The monoisotopic (exact) mass is 397 g/mol. The first-order chi connectivity index (χ1) is 11.4.